The highest BCUT2D eigenvalue weighted by Gasteiger charge is 2.16. The van der Waals surface area contributed by atoms with Crippen molar-refractivity contribution in [2.75, 3.05) is 19.4 Å². The summed E-state index contributed by atoms with van der Waals surface area (Å²) in [6.45, 7) is 1.66. The highest BCUT2D eigenvalue weighted by atomic mass is 16.6. The molecule has 92 valence electrons. The van der Waals surface area contributed by atoms with Crippen molar-refractivity contribution in [2.45, 2.75) is 13.0 Å². The van der Waals surface area contributed by atoms with E-state index < -0.39 is 11.0 Å². The van der Waals surface area contributed by atoms with Crippen LogP contribution in [0.4, 0.5) is 11.6 Å². The fourth-order valence-electron chi connectivity index (χ4n) is 1.13. The van der Waals surface area contributed by atoms with Crippen molar-refractivity contribution in [2.24, 2.45) is 0 Å². The molecule has 1 N–H and O–H groups in total. The molecule has 0 fully saturated rings. The zero-order valence-corrected chi connectivity index (χ0v) is 9.75. The van der Waals surface area contributed by atoms with E-state index in [9.17, 15) is 14.9 Å². The molecular weight excluding hydrogens is 226 g/mol. The quantitative estimate of drug-likeness (QED) is 0.598. The molecule has 0 aliphatic heterocycles. The van der Waals surface area contributed by atoms with E-state index in [1.807, 2.05) is 0 Å². The Kier molecular flexibility index (Phi) is 3.91. The average molecular weight is 239 g/mol. The summed E-state index contributed by atoms with van der Waals surface area (Å²) < 4.78 is 0. The Labute approximate surface area is 97.8 Å². The van der Waals surface area contributed by atoms with Gasteiger partial charge in [-0.3, -0.25) is 14.9 Å². The molecule has 1 amide bonds. The number of carbonyl (C=O) groups is 1. The Bertz CT molecular complexity index is 417. The fourth-order valence-corrected chi connectivity index (χ4v) is 1.13. The smallest absolute Gasteiger partial charge is 0.305 e. The van der Waals surface area contributed by atoms with Crippen molar-refractivity contribution >= 4 is 17.5 Å². The molecule has 1 aromatic rings. The van der Waals surface area contributed by atoms with Crippen molar-refractivity contribution in [3.05, 3.63) is 22.5 Å². The van der Waals surface area contributed by atoms with E-state index in [2.05, 4.69) is 15.3 Å². The minimum atomic E-state index is -0.585. The Hall–Kier alpha value is -2.25. The molecule has 0 aromatic carbocycles. The highest BCUT2D eigenvalue weighted by molar-refractivity contribution is 5.83. The first-order valence-electron chi connectivity index (χ1n) is 4.86. The molecule has 8 nitrogen and oxygen atoms in total. The van der Waals surface area contributed by atoms with E-state index in [0.717, 1.165) is 12.4 Å². The number of nitrogens with zero attached hydrogens (tertiary/aromatic N) is 4. The molecule has 0 saturated heterocycles. The Balaban J connectivity index is 2.69. The van der Waals surface area contributed by atoms with Crippen LogP contribution >= 0.6 is 0 Å². The number of amides is 1. The van der Waals surface area contributed by atoms with Gasteiger partial charge in [0.2, 0.25) is 11.9 Å². The lowest BCUT2D eigenvalue weighted by Gasteiger charge is -2.17. The summed E-state index contributed by atoms with van der Waals surface area (Å²) in [6.07, 6.45) is 2.17. The predicted molar refractivity (Wildman–Crippen MR) is 60.5 cm³/mol. The number of nitrogens with one attached hydrogen (secondary N) is 1. The fraction of sp³-hybridized carbons (Fsp3) is 0.444. The number of likely N-dealkylation sites (N-methyl/N-ethyl adjacent to an activating group) is 1. The monoisotopic (exact) mass is 239 g/mol. The SMILES string of the molecule is CC(Nc1ncc([N+](=O)[O-])cn1)C(=O)N(C)C. The second-order valence-electron chi connectivity index (χ2n) is 3.62. The second-order valence-corrected chi connectivity index (χ2v) is 3.62. The van der Waals surface area contributed by atoms with Gasteiger partial charge in [-0.15, -0.1) is 0 Å². The maximum absolute atomic E-state index is 11.5. The van der Waals surface area contributed by atoms with Crippen LogP contribution in [0.2, 0.25) is 0 Å². The van der Waals surface area contributed by atoms with Crippen molar-refractivity contribution in [1.29, 1.82) is 0 Å². The molecule has 0 spiro atoms. The van der Waals surface area contributed by atoms with Crippen LogP contribution in [-0.4, -0.2) is 45.8 Å². The first-order chi connectivity index (χ1) is 7.91. The largest absolute Gasteiger partial charge is 0.347 e. The molecule has 1 aromatic heterocycles. The van der Waals surface area contributed by atoms with Crippen LogP contribution in [0.3, 0.4) is 0 Å². The van der Waals surface area contributed by atoms with Gasteiger partial charge < -0.3 is 10.2 Å². The van der Waals surface area contributed by atoms with Gasteiger partial charge in [0.05, 0.1) is 4.92 Å². The zero-order valence-electron chi connectivity index (χ0n) is 9.75. The van der Waals surface area contributed by atoms with Crippen LogP contribution in [0.15, 0.2) is 12.4 Å². The van der Waals surface area contributed by atoms with Gasteiger partial charge in [0.25, 0.3) is 0 Å². The summed E-state index contributed by atoms with van der Waals surface area (Å²) >= 11 is 0. The van der Waals surface area contributed by atoms with Crippen molar-refractivity contribution in [3.63, 3.8) is 0 Å². The van der Waals surface area contributed by atoms with Gasteiger partial charge >= 0.3 is 5.69 Å². The molecule has 17 heavy (non-hydrogen) atoms. The maximum Gasteiger partial charge on any atom is 0.305 e. The standard InChI is InChI=1S/C9H13N5O3/c1-6(8(15)13(2)3)12-9-10-4-7(5-11-9)14(16)17/h4-6H,1-3H3,(H,10,11,12). The van der Waals surface area contributed by atoms with Gasteiger partial charge in [0, 0.05) is 14.1 Å². The highest BCUT2D eigenvalue weighted by Crippen LogP contribution is 2.09. The van der Waals surface area contributed by atoms with Gasteiger partial charge in [-0.1, -0.05) is 0 Å². The number of nitro groups is 1. The summed E-state index contributed by atoms with van der Waals surface area (Å²) in [5, 5.41) is 13.1. The van der Waals surface area contributed by atoms with Crippen LogP contribution < -0.4 is 5.32 Å². The normalized spacial score (nSPS) is 11.7. The number of hydrogen-bond acceptors (Lipinski definition) is 6. The Morgan fingerprint density at radius 3 is 2.41 bits per heavy atom. The number of hydrogen-bond donors (Lipinski definition) is 1. The number of aromatic nitrogens is 2. The Morgan fingerprint density at radius 2 is 2.00 bits per heavy atom. The minimum Gasteiger partial charge on any atom is -0.347 e. The van der Waals surface area contributed by atoms with Crippen LogP contribution in [0.25, 0.3) is 0 Å². The van der Waals surface area contributed by atoms with E-state index in [1.165, 1.54) is 4.90 Å². The van der Waals surface area contributed by atoms with Crippen LogP contribution in [0.1, 0.15) is 6.92 Å². The van der Waals surface area contributed by atoms with Crippen LogP contribution in [0, 0.1) is 10.1 Å². The molecule has 0 bridgehead atoms. The topological polar surface area (TPSA) is 101 Å². The van der Waals surface area contributed by atoms with Crippen LogP contribution in [-0.2, 0) is 4.79 Å². The third kappa shape index (κ3) is 3.37. The van der Waals surface area contributed by atoms with Gasteiger partial charge in [-0.25, -0.2) is 9.97 Å². The van der Waals surface area contributed by atoms with E-state index in [0.29, 0.717) is 0 Å². The molecule has 0 radical (unpaired) electrons. The van der Waals surface area contributed by atoms with Gasteiger partial charge in [-0.2, -0.15) is 0 Å². The average Bonchev–Trinajstić information content (AvgIpc) is 2.28. The van der Waals surface area contributed by atoms with Gasteiger partial charge in [0.1, 0.15) is 18.4 Å². The summed E-state index contributed by atoms with van der Waals surface area (Å²) in [4.78, 5) is 30.2. The summed E-state index contributed by atoms with van der Waals surface area (Å²) in [6, 6.07) is -0.494. The lowest BCUT2D eigenvalue weighted by molar-refractivity contribution is -0.385. The first-order valence-corrected chi connectivity index (χ1v) is 4.86. The maximum atomic E-state index is 11.5. The second kappa shape index (κ2) is 5.19. The van der Waals surface area contributed by atoms with Crippen molar-refractivity contribution < 1.29 is 9.72 Å². The van der Waals surface area contributed by atoms with E-state index in [-0.39, 0.29) is 17.5 Å². The molecule has 1 rings (SSSR count). The third-order valence-corrected chi connectivity index (χ3v) is 2.01. The van der Waals surface area contributed by atoms with Gasteiger partial charge in [0.15, 0.2) is 0 Å². The predicted octanol–water partition coefficient (Wildman–Crippen LogP) is 0.273. The van der Waals surface area contributed by atoms with Crippen molar-refractivity contribution in [1.82, 2.24) is 14.9 Å². The summed E-state index contributed by atoms with van der Waals surface area (Å²) in [5.41, 5.74) is -0.192. The van der Waals surface area contributed by atoms with E-state index in [1.54, 1.807) is 21.0 Å². The molecule has 0 aliphatic rings. The molecule has 8 heteroatoms. The van der Waals surface area contributed by atoms with E-state index in [4.69, 9.17) is 0 Å². The molecular formula is C9H13N5O3. The van der Waals surface area contributed by atoms with Gasteiger partial charge in [-0.05, 0) is 6.92 Å². The summed E-state index contributed by atoms with van der Waals surface area (Å²) in [5.74, 6) is 0.0465. The molecule has 0 aliphatic carbocycles. The number of anilines is 1. The minimum absolute atomic E-state index is 0.132. The van der Waals surface area contributed by atoms with E-state index >= 15 is 0 Å². The van der Waals surface area contributed by atoms with Crippen molar-refractivity contribution in [3.8, 4) is 0 Å². The number of rotatable bonds is 4. The molecule has 0 saturated carbocycles. The molecule has 1 heterocycles. The van der Waals surface area contributed by atoms with Crippen LogP contribution in [0.5, 0.6) is 0 Å². The zero-order chi connectivity index (χ0) is 13.0. The lowest BCUT2D eigenvalue weighted by atomic mass is 10.3. The first kappa shape index (κ1) is 12.8. The number of carbonyl (C=O) groups excluding carboxylic acids is 1. The molecule has 1 unspecified atom stereocenters. The Morgan fingerprint density at radius 1 is 1.47 bits per heavy atom. The third-order valence-electron chi connectivity index (χ3n) is 2.01. The molecule has 1 atom stereocenters. The lowest BCUT2D eigenvalue weighted by Crippen LogP contribution is -2.37. The summed E-state index contributed by atoms with van der Waals surface area (Å²) in [7, 11) is 3.27.